The Balaban J connectivity index is 1.44. The van der Waals surface area contributed by atoms with Crippen molar-refractivity contribution >= 4 is 34.0 Å². The number of rotatable bonds is 7. The van der Waals surface area contributed by atoms with E-state index >= 15 is 0 Å². The van der Waals surface area contributed by atoms with E-state index in [4.69, 9.17) is 16.3 Å². The number of benzene rings is 2. The molecule has 32 heavy (non-hydrogen) atoms. The standard InChI is InChI=1S/C23H19ClN4O3S/c1-15-21(16-7-9-17(24)10-8-16)25-23(32-15)26-22(30)19-11-12-20(29)28(27-19)13-14-31-18-5-3-2-4-6-18/h2-12H,13-14H2,1H3,(H,25,26,30). The van der Waals surface area contributed by atoms with Gasteiger partial charge in [-0.25, -0.2) is 9.67 Å². The van der Waals surface area contributed by atoms with Gasteiger partial charge in [-0.2, -0.15) is 5.10 Å². The Kier molecular flexibility index (Phi) is 6.63. The van der Waals surface area contributed by atoms with Crippen molar-refractivity contribution in [1.29, 1.82) is 0 Å². The predicted octanol–water partition coefficient (Wildman–Crippen LogP) is 4.66. The lowest BCUT2D eigenvalue weighted by Gasteiger charge is -2.08. The zero-order chi connectivity index (χ0) is 22.5. The second-order valence-electron chi connectivity index (χ2n) is 6.83. The molecule has 2 heterocycles. The van der Waals surface area contributed by atoms with Crippen molar-refractivity contribution < 1.29 is 9.53 Å². The molecule has 162 valence electrons. The first-order chi connectivity index (χ1) is 15.5. The Labute approximate surface area is 193 Å². The number of thiazole rings is 1. The van der Waals surface area contributed by atoms with Gasteiger partial charge in [0.1, 0.15) is 18.1 Å². The summed E-state index contributed by atoms with van der Waals surface area (Å²) in [5.74, 6) is 0.254. The highest BCUT2D eigenvalue weighted by Crippen LogP contribution is 2.31. The Morgan fingerprint density at radius 1 is 1.09 bits per heavy atom. The number of aryl methyl sites for hydroxylation is 1. The maximum Gasteiger partial charge on any atom is 0.277 e. The number of nitrogens with zero attached hydrogens (tertiary/aromatic N) is 3. The van der Waals surface area contributed by atoms with Gasteiger partial charge < -0.3 is 4.74 Å². The van der Waals surface area contributed by atoms with Crippen molar-refractivity contribution in [3.8, 4) is 17.0 Å². The molecule has 0 radical (unpaired) electrons. The van der Waals surface area contributed by atoms with Crippen molar-refractivity contribution in [3.05, 3.63) is 92.7 Å². The Morgan fingerprint density at radius 2 is 1.84 bits per heavy atom. The smallest absolute Gasteiger partial charge is 0.277 e. The summed E-state index contributed by atoms with van der Waals surface area (Å²) in [6.45, 7) is 2.40. The molecular weight excluding hydrogens is 448 g/mol. The monoisotopic (exact) mass is 466 g/mol. The number of hydrogen-bond donors (Lipinski definition) is 1. The topological polar surface area (TPSA) is 86.1 Å². The minimum Gasteiger partial charge on any atom is -0.492 e. The molecule has 0 aliphatic rings. The van der Waals surface area contributed by atoms with Crippen LogP contribution in [0.3, 0.4) is 0 Å². The molecule has 0 bridgehead atoms. The lowest BCUT2D eigenvalue weighted by atomic mass is 10.1. The molecule has 0 aliphatic heterocycles. The third kappa shape index (κ3) is 5.22. The van der Waals surface area contributed by atoms with Gasteiger partial charge in [-0.15, -0.1) is 11.3 Å². The highest BCUT2D eigenvalue weighted by Gasteiger charge is 2.15. The van der Waals surface area contributed by atoms with Crippen LogP contribution in [0.1, 0.15) is 15.4 Å². The van der Waals surface area contributed by atoms with Gasteiger partial charge in [0.15, 0.2) is 5.13 Å². The summed E-state index contributed by atoms with van der Waals surface area (Å²) < 4.78 is 6.82. The summed E-state index contributed by atoms with van der Waals surface area (Å²) in [7, 11) is 0. The molecule has 2 aromatic heterocycles. The number of anilines is 1. The van der Waals surface area contributed by atoms with E-state index in [0.717, 1.165) is 16.1 Å². The second kappa shape index (κ2) is 9.76. The highest BCUT2D eigenvalue weighted by molar-refractivity contribution is 7.16. The molecule has 7 nitrogen and oxygen atoms in total. The van der Waals surface area contributed by atoms with E-state index in [-0.39, 0.29) is 24.4 Å². The summed E-state index contributed by atoms with van der Waals surface area (Å²) in [4.78, 5) is 30.3. The third-order valence-electron chi connectivity index (χ3n) is 4.55. The number of nitrogens with one attached hydrogen (secondary N) is 1. The summed E-state index contributed by atoms with van der Waals surface area (Å²) in [5, 5.41) is 8.03. The molecule has 4 aromatic rings. The number of ether oxygens (including phenoxy) is 1. The van der Waals surface area contributed by atoms with Gasteiger partial charge in [0.2, 0.25) is 0 Å². The second-order valence-corrected chi connectivity index (χ2v) is 8.47. The largest absolute Gasteiger partial charge is 0.492 e. The first-order valence-corrected chi connectivity index (χ1v) is 11.0. The number of para-hydroxylation sites is 1. The summed E-state index contributed by atoms with van der Waals surface area (Å²) in [6, 6.07) is 19.3. The van der Waals surface area contributed by atoms with Crippen LogP contribution in [0.25, 0.3) is 11.3 Å². The molecule has 1 amide bonds. The van der Waals surface area contributed by atoms with Gasteiger partial charge in [-0.1, -0.05) is 41.9 Å². The van der Waals surface area contributed by atoms with E-state index < -0.39 is 5.91 Å². The minimum atomic E-state index is -0.445. The first kappa shape index (κ1) is 21.7. The fraction of sp³-hybridized carbons (Fsp3) is 0.130. The quantitative estimate of drug-likeness (QED) is 0.428. The summed E-state index contributed by atoms with van der Waals surface area (Å²) >= 11 is 7.32. The molecule has 0 aliphatic carbocycles. The molecule has 4 rings (SSSR count). The van der Waals surface area contributed by atoms with Crippen LogP contribution >= 0.6 is 22.9 Å². The molecule has 0 saturated carbocycles. The average Bonchev–Trinajstić information content (AvgIpc) is 3.16. The molecule has 0 atom stereocenters. The summed E-state index contributed by atoms with van der Waals surface area (Å²) in [5.41, 5.74) is 1.49. The highest BCUT2D eigenvalue weighted by atomic mass is 35.5. The SMILES string of the molecule is Cc1sc(NC(=O)c2ccc(=O)n(CCOc3ccccc3)n2)nc1-c1ccc(Cl)cc1. The number of carbonyl (C=O) groups excluding carboxylic acids is 1. The number of amides is 1. The average molecular weight is 467 g/mol. The van der Waals surface area contributed by atoms with Crippen LogP contribution in [0, 0.1) is 6.92 Å². The zero-order valence-electron chi connectivity index (χ0n) is 17.1. The van der Waals surface area contributed by atoms with Gasteiger partial charge in [0.25, 0.3) is 11.5 Å². The molecular formula is C23H19ClN4O3S. The molecule has 0 unspecified atom stereocenters. The Hall–Kier alpha value is -3.49. The van der Waals surface area contributed by atoms with Gasteiger partial charge >= 0.3 is 0 Å². The van der Waals surface area contributed by atoms with Crippen LogP contribution in [-0.4, -0.2) is 27.3 Å². The van der Waals surface area contributed by atoms with Crippen LogP contribution in [0.2, 0.25) is 5.02 Å². The van der Waals surface area contributed by atoms with Gasteiger partial charge in [0.05, 0.1) is 12.2 Å². The number of carbonyl (C=O) groups is 1. The van der Waals surface area contributed by atoms with Crippen LogP contribution in [0.5, 0.6) is 5.75 Å². The van der Waals surface area contributed by atoms with E-state index in [2.05, 4.69) is 15.4 Å². The van der Waals surface area contributed by atoms with Crippen molar-refractivity contribution in [2.24, 2.45) is 0 Å². The zero-order valence-corrected chi connectivity index (χ0v) is 18.7. The Morgan fingerprint density at radius 3 is 2.59 bits per heavy atom. The molecule has 0 saturated heterocycles. The maximum absolute atomic E-state index is 12.7. The van der Waals surface area contributed by atoms with Crippen LogP contribution in [0.15, 0.2) is 71.5 Å². The fourth-order valence-corrected chi connectivity index (χ4v) is 3.94. The lowest BCUT2D eigenvalue weighted by Crippen LogP contribution is -2.28. The number of hydrogen-bond acceptors (Lipinski definition) is 6. The predicted molar refractivity (Wildman–Crippen MR) is 126 cm³/mol. The van der Waals surface area contributed by atoms with Crippen molar-refractivity contribution in [1.82, 2.24) is 14.8 Å². The first-order valence-electron chi connectivity index (χ1n) is 9.80. The van der Waals surface area contributed by atoms with Crippen molar-refractivity contribution in [2.75, 3.05) is 11.9 Å². The molecule has 0 fully saturated rings. The number of aromatic nitrogens is 3. The van der Waals surface area contributed by atoms with Gasteiger partial charge in [-0.05, 0) is 37.3 Å². The number of halogens is 1. The third-order valence-corrected chi connectivity index (χ3v) is 5.69. The van der Waals surface area contributed by atoms with E-state index in [0.29, 0.717) is 15.9 Å². The molecule has 9 heteroatoms. The summed E-state index contributed by atoms with van der Waals surface area (Å²) in [6.07, 6.45) is 0. The maximum atomic E-state index is 12.7. The van der Waals surface area contributed by atoms with Crippen molar-refractivity contribution in [2.45, 2.75) is 13.5 Å². The van der Waals surface area contributed by atoms with Crippen LogP contribution in [0.4, 0.5) is 5.13 Å². The van der Waals surface area contributed by atoms with E-state index in [1.807, 2.05) is 49.4 Å². The van der Waals surface area contributed by atoms with Crippen LogP contribution in [-0.2, 0) is 6.54 Å². The molecule has 1 N–H and O–H groups in total. The minimum absolute atomic E-state index is 0.116. The molecule has 0 spiro atoms. The van der Waals surface area contributed by atoms with Crippen LogP contribution < -0.4 is 15.6 Å². The normalized spacial score (nSPS) is 10.7. The van der Waals surface area contributed by atoms with E-state index in [9.17, 15) is 9.59 Å². The van der Waals surface area contributed by atoms with Gasteiger partial charge in [0, 0.05) is 21.5 Å². The van der Waals surface area contributed by atoms with Crippen molar-refractivity contribution in [3.63, 3.8) is 0 Å². The van der Waals surface area contributed by atoms with E-state index in [1.165, 1.54) is 28.2 Å². The molecule has 2 aromatic carbocycles. The Bertz CT molecular complexity index is 1290. The van der Waals surface area contributed by atoms with Gasteiger partial charge in [-0.3, -0.25) is 14.9 Å². The lowest BCUT2D eigenvalue weighted by molar-refractivity contribution is 0.101. The van der Waals surface area contributed by atoms with E-state index in [1.54, 1.807) is 12.1 Å². The fourth-order valence-electron chi connectivity index (χ4n) is 2.98.